The smallest absolute Gasteiger partial charge is 0.123 e. The Kier molecular flexibility index (Phi) is 5.23. The van der Waals surface area contributed by atoms with E-state index in [1.807, 2.05) is 30.0 Å². The average Bonchev–Trinajstić information content (AvgIpc) is 2.87. The van der Waals surface area contributed by atoms with Crippen LogP contribution in [-0.4, -0.2) is 21.9 Å². The largest absolute Gasteiger partial charge is 0.396 e. The van der Waals surface area contributed by atoms with Crippen molar-refractivity contribution >= 4 is 23.1 Å². The normalized spacial score (nSPS) is 12.6. The first-order chi connectivity index (χ1) is 8.79. The van der Waals surface area contributed by atoms with Gasteiger partial charge in [0.1, 0.15) is 5.01 Å². The van der Waals surface area contributed by atoms with E-state index in [1.54, 1.807) is 11.3 Å². The minimum absolute atomic E-state index is 0.264. The first-order valence-corrected chi connectivity index (χ1v) is 7.94. The van der Waals surface area contributed by atoms with Gasteiger partial charge in [-0.1, -0.05) is 37.3 Å². The number of benzene rings is 1. The van der Waals surface area contributed by atoms with Gasteiger partial charge in [0.25, 0.3) is 0 Å². The summed E-state index contributed by atoms with van der Waals surface area (Å²) in [5, 5.41) is 12.6. The van der Waals surface area contributed by atoms with Crippen molar-refractivity contribution in [2.75, 3.05) is 6.61 Å². The Bertz CT molecular complexity index is 470. The minimum atomic E-state index is 0.264. The van der Waals surface area contributed by atoms with Gasteiger partial charge in [-0.25, -0.2) is 4.98 Å². The molecule has 0 aliphatic carbocycles. The zero-order valence-electron chi connectivity index (χ0n) is 10.4. The maximum Gasteiger partial charge on any atom is 0.123 e. The molecule has 2 nitrogen and oxygen atoms in total. The molecule has 1 N–H and O–H groups in total. The number of aliphatic hydroxyl groups is 1. The number of thiazole rings is 1. The van der Waals surface area contributed by atoms with Gasteiger partial charge >= 0.3 is 0 Å². The van der Waals surface area contributed by atoms with E-state index < -0.39 is 0 Å². The number of hydrogen-bond donors (Lipinski definition) is 1. The Morgan fingerprint density at radius 1 is 1.33 bits per heavy atom. The van der Waals surface area contributed by atoms with E-state index in [2.05, 4.69) is 29.4 Å². The highest BCUT2D eigenvalue weighted by atomic mass is 32.2. The minimum Gasteiger partial charge on any atom is -0.396 e. The Hall–Kier alpha value is -0.840. The fourth-order valence-electron chi connectivity index (χ4n) is 1.58. The molecule has 1 aromatic heterocycles. The van der Waals surface area contributed by atoms with Crippen LogP contribution in [0.25, 0.3) is 10.6 Å². The Morgan fingerprint density at radius 3 is 2.83 bits per heavy atom. The van der Waals surface area contributed by atoms with Crippen molar-refractivity contribution in [1.82, 2.24) is 4.98 Å². The van der Waals surface area contributed by atoms with Gasteiger partial charge in [0, 0.05) is 28.6 Å². The topological polar surface area (TPSA) is 33.1 Å². The summed E-state index contributed by atoms with van der Waals surface area (Å²) in [5.74, 6) is 0.921. The summed E-state index contributed by atoms with van der Waals surface area (Å²) in [4.78, 5) is 4.65. The molecule has 2 rings (SSSR count). The first kappa shape index (κ1) is 13.6. The Labute approximate surface area is 116 Å². The summed E-state index contributed by atoms with van der Waals surface area (Å²) in [6, 6.07) is 10.3. The second kappa shape index (κ2) is 6.92. The van der Waals surface area contributed by atoms with Crippen LogP contribution >= 0.6 is 23.1 Å². The quantitative estimate of drug-likeness (QED) is 0.872. The molecule has 18 heavy (non-hydrogen) atoms. The molecule has 1 unspecified atom stereocenters. The highest BCUT2D eigenvalue weighted by Gasteiger charge is 2.07. The lowest BCUT2D eigenvalue weighted by molar-refractivity contribution is 0.289. The lowest BCUT2D eigenvalue weighted by Gasteiger charge is -2.07. The van der Waals surface area contributed by atoms with Gasteiger partial charge in [-0.3, -0.25) is 0 Å². The molecule has 0 spiro atoms. The van der Waals surface area contributed by atoms with Crippen molar-refractivity contribution in [3.8, 4) is 10.6 Å². The highest BCUT2D eigenvalue weighted by molar-refractivity contribution is 7.99. The highest BCUT2D eigenvalue weighted by Crippen LogP contribution is 2.26. The molecule has 0 fully saturated rings. The van der Waals surface area contributed by atoms with Crippen LogP contribution < -0.4 is 0 Å². The number of aromatic nitrogens is 1. The van der Waals surface area contributed by atoms with Crippen LogP contribution in [0.1, 0.15) is 19.0 Å². The van der Waals surface area contributed by atoms with E-state index in [9.17, 15) is 0 Å². The molecule has 0 saturated carbocycles. The second-order valence-corrected chi connectivity index (χ2v) is 6.43. The number of hydrogen-bond acceptors (Lipinski definition) is 4. The van der Waals surface area contributed by atoms with Crippen LogP contribution in [-0.2, 0) is 5.75 Å². The zero-order valence-corrected chi connectivity index (χ0v) is 12.0. The fraction of sp³-hybridized carbons (Fsp3) is 0.357. The van der Waals surface area contributed by atoms with Crippen molar-refractivity contribution in [3.63, 3.8) is 0 Å². The van der Waals surface area contributed by atoms with Crippen LogP contribution in [0.15, 0.2) is 35.7 Å². The molecule has 0 radical (unpaired) electrons. The molecular weight excluding hydrogens is 262 g/mol. The first-order valence-electron chi connectivity index (χ1n) is 6.02. The van der Waals surface area contributed by atoms with Crippen molar-refractivity contribution in [3.05, 3.63) is 41.4 Å². The fourth-order valence-corrected chi connectivity index (χ4v) is 3.39. The molecule has 0 amide bonds. The van der Waals surface area contributed by atoms with Crippen molar-refractivity contribution in [2.24, 2.45) is 0 Å². The summed E-state index contributed by atoms with van der Waals surface area (Å²) in [6.45, 7) is 2.41. The molecule has 1 heterocycles. The average molecular weight is 279 g/mol. The van der Waals surface area contributed by atoms with Gasteiger partial charge in [0.05, 0.1) is 5.69 Å². The van der Waals surface area contributed by atoms with Crippen LogP contribution in [0, 0.1) is 0 Å². The predicted octanol–water partition coefficient (Wildman–Crippen LogP) is 3.81. The summed E-state index contributed by atoms with van der Waals surface area (Å²) in [7, 11) is 0. The van der Waals surface area contributed by atoms with Gasteiger partial charge < -0.3 is 5.11 Å². The van der Waals surface area contributed by atoms with Gasteiger partial charge in [-0.05, 0) is 6.42 Å². The maximum absolute atomic E-state index is 8.86. The molecule has 0 aliphatic rings. The van der Waals surface area contributed by atoms with Crippen LogP contribution in [0.4, 0.5) is 0 Å². The zero-order chi connectivity index (χ0) is 12.8. The number of thioether (sulfide) groups is 1. The molecule has 0 saturated heterocycles. The van der Waals surface area contributed by atoms with E-state index in [-0.39, 0.29) is 6.61 Å². The molecule has 2 aromatic rings. The predicted molar refractivity (Wildman–Crippen MR) is 80.0 cm³/mol. The molecule has 0 aliphatic heterocycles. The Balaban J connectivity index is 1.95. The third kappa shape index (κ3) is 3.83. The van der Waals surface area contributed by atoms with Crippen LogP contribution in [0.3, 0.4) is 0 Å². The maximum atomic E-state index is 8.86. The monoisotopic (exact) mass is 279 g/mol. The molecule has 1 aromatic carbocycles. The summed E-state index contributed by atoms with van der Waals surface area (Å²) < 4.78 is 0. The molecule has 4 heteroatoms. The third-order valence-corrected chi connectivity index (χ3v) is 4.83. The van der Waals surface area contributed by atoms with E-state index >= 15 is 0 Å². The lowest BCUT2D eigenvalue weighted by atomic mass is 10.2. The summed E-state index contributed by atoms with van der Waals surface area (Å²) in [5.41, 5.74) is 2.32. The molecule has 96 valence electrons. The van der Waals surface area contributed by atoms with Crippen LogP contribution in [0.5, 0.6) is 0 Å². The summed E-state index contributed by atoms with van der Waals surface area (Å²) >= 11 is 3.54. The van der Waals surface area contributed by atoms with E-state index in [0.717, 1.165) is 22.9 Å². The number of aliphatic hydroxyl groups excluding tert-OH is 1. The van der Waals surface area contributed by atoms with Gasteiger partial charge in [-0.2, -0.15) is 11.8 Å². The standard InChI is InChI=1S/C14H17NOS2/c1-11(7-8-16)17-9-13-10-18-14(15-13)12-5-3-2-4-6-12/h2-6,10-11,16H,7-9H2,1H3. The van der Waals surface area contributed by atoms with Crippen LogP contribution in [0.2, 0.25) is 0 Å². The Morgan fingerprint density at radius 2 is 2.11 bits per heavy atom. The van der Waals surface area contributed by atoms with Crippen molar-refractivity contribution < 1.29 is 5.11 Å². The van der Waals surface area contributed by atoms with Gasteiger partial charge in [-0.15, -0.1) is 11.3 Å². The van der Waals surface area contributed by atoms with Gasteiger partial charge in [0.15, 0.2) is 0 Å². The third-order valence-electron chi connectivity index (χ3n) is 2.62. The number of nitrogens with zero attached hydrogens (tertiary/aromatic N) is 1. The second-order valence-electron chi connectivity index (χ2n) is 4.14. The summed E-state index contributed by atoms with van der Waals surface area (Å²) in [6.07, 6.45) is 0.848. The van der Waals surface area contributed by atoms with Gasteiger partial charge in [0.2, 0.25) is 0 Å². The van der Waals surface area contributed by atoms with Crippen molar-refractivity contribution in [2.45, 2.75) is 24.3 Å². The van der Waals surface area contributed by atoms with E-state index in [1.165, 1.54) is 5.56 Å². The molecule has 0 bridgehead atoms. The SMILES string of the molecule is CC(CCO)SCc1csc(-c2ccccc2)n1. The molecule has 1 atom stereocenters. The van der Waals surface area contributed by atoms with E-state index in [4.69, 9.17) is 5.11 Å². The lowest BCUT2D eigenvalue weighted by Crippen LogP contribution is -1.99. The van der Waals surface area contributed by atoms with Crippen molar-refractivity contribution in [1.29, 1.82) is 0 Å². The molecular formula is C14H17NOS2. The van der Waals surface area contributed by atoms with E-state index in [0.29, 0.717) is 5.25 Å². The number of rotatable bonds is 6.